The highest BCUT2D eigenvalue weighted by Gasteiger charge is 2.03. The van der Waals surface area contributed by atoms with E-state index in [1.807, 2.05) is 19.1 Å². The molecule has 3 N–H and O–H groups in total. The van der Waals surface area contributed by atoms with Crippen molar-refractivity contribution >= 4 is 28.9 Å². The largest absolute Gasteiger partial charge is 0.497 e. The minimum atomic E-state index is -0.450. The summed E-state index contributed by atoms with van der Waals surface area (Å²) in [6.07, 6.45) is -0.228. The Morgan fingerprint density at radius 2 is 2.16 bits per heavy atom. The van der Waals surface area contributed by atoms with Crippen molar-refractivity contribution in [3.05, 3.63) is 23.8 Å². The van der Waals surface area contributed by atoms with Crippen molar-refractivity contribution in [1.82, 2.24) is 10.9 Å². The lowest BCUT2D eigenvalue weighted by atomic mass is 10.2. The summed E-state index contributed by atoms with van der Waals surface area (Å²) in [5.41, 5.74) is 6.55. The number of thiocarbonyl (C=S) groups is 1. The van der Waals surface area contributed by atoms with Crippen molar-refractivity contribution in [2.75, 3.05) is 12.4 Å². The number of hydrazine groups is 1. The molecule has 0 aliphatic rings. The summed E-state index contributed by atoms with van der Waals surface area (Å²) in [5.74, 6) is 0.257. The van der Waals surface area contributed by atoms with Gasteiger partial charge in [-0.2, -0.15) is 5.26 Å². The maximum atomic E-state index is 11.1. The van der Waals surface area contributed by atoms with Crippen molar-refractivity contribution < 1.29 is 9.53 Å². The topological polar surface area (TPSA) is 86.2 Å². The van der Waals surface area contributed by atoms with Crippen molar-refractivity contribution in [3.63, 3.8) is 0 Å². The molecule has 1 amide bonds. The van der Waals surface area contributed by atoms with E-state index in [2.05, 4.69) is 16.2 Å². The molecule has 0 spiro atoms. The number of nitrogens with zero attached hydrogens (tertiary/aromatic N) is 1. The van der Waals surface area contributed by atoms with Gasteiger partial charge in [0, 0.05) is 11.8 Å². The van der Waals surface area contributed by atoms with Gasteiger partial charge in [-0.1, -0.05) is 0 Å². The van der Waals surface area contributed by atoms with Gasteiger partial charge in [-0.3, -0.25) is 15.6 Å². The third-order valence-corrected chi connectivity index (χ3v) is 2.30. The van der Waals surface area contributed by atoms with Gasteiger partial charge in [-0.05, 0) is 36.8 Å². The smallest absolute Gasteiger partial charge is 0.252 e. The number of nitrogens with one attached hydrogen (secondary N) is 3. The molecular weight excluding hydrogens is 264 g/mol. The number of hydrogen-bond donors (Lipinski definition) is 3. The van der Waals surface area contributed by atoms with Crippen molar-refractivity contribution in [2.45, 2.75) is 13.3 Å². The maximum absolute atomic E-state index is 11.1. The van der Waals surface area contributed by atoms with E-state index in [1.54, 1.807) is 19.2 Å². The van der Waals surface area contributed by atoms with E-state index in [9.17, 15) is 4.79 Å². The fraction of sp³-hybridized carbons (Fsp3) is 0.250. The molecule has 0 fully saturated rings. The molecule has 0 heterocycles. The Bertz CT molecular complexity index is 525. The van der Waals surface area contributed by atoms with Crippen LogP contribution >= 0.6 is 12.2 Å². The third-order valence-electron chi connectivity index (χ3n) is 2.10. The van der Waals surface area contributed by atoms with Gasteiger partial charge < -0.3 is 10.1 Å². The van der Waals surface area contributed by atoms with Crippen molar-refractivity contribution in [3.8, 4) is 11.8 Å². The normalized spacial score (nSPS) is 9.11. The molecule has 0 aliphatic carbocycles. The number of carbonyl (C=O) groups excluding carboxylic acids is 1. The van der Waals surface area contributed by atoms with Crippen LogP contribution in [0.25, 0.3) is 0 Å². The first-order valence-electron chi connectivity index (χ1n) is 5.43. The van der Waals surface area contributed by atoms with Crippen LogP contribution in [0.3, 0.4) is 0 Å². The van der Waals surface area contributed by atoms with Crippen LogP contribution in [0.1, 0.15) is 12.0 Å². The SMILES string of the molecule is COc1cc(C)cc(NC(=S)NNC(=O)CC#N)c1. The zero-order chi connectivity index (χ0) is 14.3. The second-order valence-electron chi connectivity index (χ2n) is 3.70. The second kappa shape index (κ2) is 7.18. The van der Waals surface area contributed by atoms with E-state index >= 15 is 0 Å². The fourth-order valence-electron chi connectivity index (χ4n) is 1.34. The maximum Gasteiger partial charge on any atom is 0.252 e. The summed E-state index contributed by atoms with van der Waals surface area (Å²) in [7, 11) is 1.58. The molecule has 1 rings (SSSR count). The Balaban J connectivity index is 2.55. The first kappa shape index (κ1) is 14.7. The van der Waals surface area contributed by atoms with Crippen LogP contribution in [-0.2, 0) is 4.79 Å². The highest BCUT2D eigenvalue weighted by atomic mass is 32.1. The van der Waals surface area contributed by atoms with E-state index in [4.69, 9.17) is 22.2 Å². The first-order valence-corrected chi connectivity index (χ1v) is 5.84. The van der Waals surface area contributed by atoms with Crippen molar-refractivity contribution in [1.29, 1.82) is 5.26 Å². The Morgan fingerprint density at radius 3 is 2.79 bits per heavy atom. The average molecular weight is 278 g/mol. The molecule has 0 bridgehead atoms. The number of ether oxygens (including phenoxy) is 1. The van der Waals surface area contributed by atoms with Crippen LogP contribution in [0, 0.1) is 18.3 Å². The number of methoxy groups -OCH3 is 1. The van der Waals surface area contributed by atoms with Gasteiger partial charge in [0.05, 0.1) is 13.2 Å². The highest BCUT2D eigenvalue weighted by molar-refractivity contribution is 7.80. The Kier molecular flexibility index (Phi) is 5.57. The molecule has 1 aromatic carbocycles. The summed E-state index contributed by atoms with van der Waals surface area (Å²) in [5, 5.41) is 11.4. The molecule has 6 nitrogen and oxygen atoms in total. The standard InChI is InChI=1S/C12H14N4O2S/c1-8-5-9(7-10(6-8)18-2)14-12(19)16-15-11(17)3-4-13/h5-7H,3H2,1-2H3,(H,15,17)(H2,14,16,19). The van der Waals surface area contributed by atoms with Crippen LogP contribution in [0.5, 0.6) is 5.75 Å². The molecule has 0 unspecified atom stereocenters. The number of aryl methyl sites for hydroxylation is 1. The Morgan fingerprint density at radius 1 is 1.42 bits per heavy atom. The minimum Gasteiger partial charge on any atom is -0.497 e. The second-order valence-corrected chi connectivity index (χ2v) is 4.11. The molecule has 0 radical (unpaired) electrons. The van der Waals surface area contributed by atoms with Crippen LogP contribution in [0.15, 0.2) is 18.2 Å². The first-order chi connectivity index (χ1) is 9.05. The summed E-state index contributed by atoms with van der Waals surface area (Å²) < 4.78 is 5.14. The molecule has 0 aliphatic heterocycles. The zero-order valence-corrected chi connectivity index (χ0v) is 11.4. The molecule has 100 valence electrons. The summed E-state index contributed by atoms with van der Waals surface area (Å²) in [6, 6.07) is 7.27. The van der Waals surface area contributed by atoms with Gasteiger partial charge in [0.2, 0.25) is 0 Å². The van der Waals surface area contributed by atoms with Crippen LogP contribution < -0.4 is 20.9 Å². The third kappa shape index (κ3) is 5.23. The lowest BCUT2D eigenvalue weighted by Gasteiger charge is -2.12. The van der Waals surface area contributed by atoms with E-state index in [1.165, 1.54) is 0 Å². The van der Waals surface area contributed by atoms with Gasteiger partial charge in [0.15, 0.2) is 5.11 Å². The summed E-state index contributed by atoms with van der Waals surface area (Å²) in [6.45, 7) is 1.93. The number of nitriles is 1. The quantitative estimate of drug-likeness (QED) is 0.569. The molecule has 0 aromatic heterocycles. The van der Waals surface area contributed by atoms with Gasteiger partial charge >= 0.3 is 0 Å². The predicted molar refractivity (Wildman–Crippen MR) is 75.5 cm³/mol. The minimum absolute atomic E-state index is 0.221. The molecule has 19 heavy (non-hydrogen) atoms. The van der Waals surface area contributed by atoms with Gasteiger partial charge in [-0.15, -0.1) is 0 Å². The highest BCUT2D eigenvalue weighted by Crippen LogP contribution is 2.19. The summed E-state index contributed by atoms with van der Waals surface area (Å²) >= 11 is 5.00. The molecule has 0 saturated carbocycles. The fourth-order valence-corrected chi connectivity index (χ4v) is 1.51. The molecule has 0 saturated heterocycles. The number of rotatable bonds is 3. The molecule has 1 aromatic rings. The van der Waals surface area contributed by atoms with Gasteiger partial charge in [0.1, 0.15) is 12.2 Å². The Hall–Kier alpha value is -2.33. The van der Waals surface area contributed by atoms with Gasteiger partial charge in [-0.25, -0.2) is 0 Å². The predicted octanol–water partition coefficient (Wildman–Crippen LogP) is 1.23. The number of amides is 1. The van der Waals surface area contributed by atoms with Crippen LogP contribution in [0.4, 0.5) is 5.69 Å². The number of hydrogen-bond acceptors (Lipinski definition) is 4. The van der Waals surface area contributed by atoms with E-state index in [-0.39, 0.29) is 11.5 Å². The van der Waals surface area contributed by atoms with E-state index in [0.717, 1.165) is 11.3 Å². The zero-order valence-electron chi connectivity index (χ0n) is 10.6. The number of benzene rings is 1. The number of carbonyl (C=O) groups is 1. The molecule has 7 heteroatoms. The monoisotopic (exact) mass is 278 g/mol. The lowest BCUT2D eigenvalue weighted by molar-refractivity contribution is -0.120. The average Bonchev–Trinajstić information content (AvgIpc) is 2.36. The lowest BCUT2D eigenvalue weighted by Crippen LogP contribution is -2.43. The van der Waals surface area contributed by atoms with Crippen molar-refractivity contribution in [2.24, 2.45) is 0 Å². The molecular formula is C12H14N4O2S. The summed E-state index contributed by atoms with van der Waals surface area (Å²) in [4.78, 5) is 11.1. The number of anilines is 1. The van der Waals surface area contributed by atoms with Crippen LogP contribution in [0.2, 0.25) is 0 Å². The van der Waals surface area contributed by atoms with E-state index in [0.29, 0.717) is 5.75 Å². The van der Waals surface area contributed by atoms with E-state index < -0.39 is 5.91 Å². The molecule has 0 atom stereocenters. The Labute approximate surface area is 116 Å². The van der Waals surface area contributed by atoms with Gasteiger partial charge in [0.25, 0.3) is 5.91 Å². The van der Waals surface area contributed by atoms with Crippen LogP contribution in [-0.4, -0.2) is 18.1 Å².